The molecule has 0 radical (unpaired) electrons. The molecule has 0 rings (SSSR count). The number of nitrogens with two attached hydrogens (primary N) is 1. The number of carboxylic acids is 3. The topological polar surface area (TPSA) is 333 Å². The van der Waals surface area contributed by atoms with Gasteiger partial charge in [0.2, 0.25) is 35.4 Å². The monoisotopic (exact) mass is 749 g/mol. The van der Waals surface area contributed by atoms with Crippen LogP contribution in [0.2, 0.25) is 0 Å². The molecule has 0 heterocycles. The third kappa shape index (κ3) is 17.8. The number of aliphatic hydroxyl groups is 1. The maximum absolute atomic E-state index is 13.3. The van der Waals surface area contributed by atoms with E-state index in [9.17, 15) is 53.4 Å². The van der Waals surface area contributed by atoms with Crippen LogP contribution in [0.25, 0.3) is 0 Å². The largest absolute Gasteiger partial charge is 0.481 e. The van der Waals surface area contributed by atoms with Crippen LogP contribution < -0.4 is 37.6 Å². The second kappa shape index (κ2) is 23.8. The SMILES string of the molecule is CCC[C@H](NC(=O)[C@@H](N)CO)C(=O)N[C@@H](CCSC)C(=O)N[C@@H](C)C(=O)N[C@@H](CCC(=O)O)C(=O)N[C@H](C(=O)N[C@@H](CC(=O)O)C(=O)O)C(C)C. The Bertz CT molecular complexity index is 1250. The first kappa shape index (κ1) is 46.5. The fourth-order valence-corrected chi connectivity index (χ4v) is 4.81. The van der Waals surface area contributed by atoms with Crippen molar-refractivity contribution in [3.8, 4) is 0 Å². The lowest BCUT2D eigenvalue weighted by atomic mass is 10.0. The summed E-state index contributed by atoms with van der Waals surface area (Å²) < 4.78 is 0. The fraction of sp³-hybridized carbons (Fsp3) is 0.700. The molecular formula is C30H51N7O13S. The molecular weight excluding hydrogens is 698 g/mol. The molecule has 0 spiro atoms. The molecule has 6 amide bonds. The summed E-state index contributed by atoms with van der Waals surface area (Å²) in [6.07, 6.45) is 0.544. The van der Waals surface area contributed by atoms with Crippen molar-refractivity contribution in [2.24, 2.45) is 11.7 Å². The molecule has 0 unspecified atom stereocenters. The summed E-state index contributed by atoms with van der Waals surface area (Å²) in [6, 6.07) is -9.64. The third-order valence-electron chi connectivity index (χ3n) is 7.26. The molecule has 0 aliphatic heterocycles. The minimum absolute atomic E-state index is 0.119. The van der Waals surface area contributed by atoms with E-state index in [2.05, 4.69) is 26.6 Å². The average Bonchev–Trinajstić information content (AvgIpc) is 3.05. The van der Waals surface area contributed by atoms with Crippen molar-refractivity contribution in [2.45, 2.75) is 109 Å². The zero-order valence-corrected chi connectivity index (χ0v) is 30.0. The molecule has 12 N–H and O–H groups in total. The van der Waals surface area contributed by atoms with E-state index in [0.717, 1.165) is 0 Å². The molecule has 0 aromatic heterocycles. The first-order chi connectivity index (χ1) is 23.8. The summed E-state index contributed by atoms with van der Waals surface area (Å²) in [5, 5.41) is 50.7. The quantitative estimate of drug-likeness (QED) is 0.0440. The van der Waals surface area contributed by atoms with E-state index in [1.54, 1.807) is 13.2 Å². The standard InChI is InChI=1S/C30H51N7O13S/c1-6-7-17(34-25(44)16(31)13-38)27(46)35-19(10-11-51-5)26(45)32-15(4)24(43)33-18(8-9-21(39)40)28(47)37-23(14(2)3)29(48)36-20(30(49)50)12-22(41)42/h14-20,23,38H,6-13,31H2,1-5H3,(H,32,45)(H,33,43)(H,34,44)(H,35,46)(H,36,48)(H,37,47)(H,39,40)(H,41,42)(H,49,50)/t15-,16-,17-,18-,19-,20-,23-/m0/s1. The molecule has 0 aliphatic carbocycles. The van der Waals surface area contributed by atoms with Crippen molar-refractivity contribution in [1.82, 2.24) is 31.9 Å². The summed E-state index contributed by atoms with van der Waals surface area (Å²) in [4.78, 5) is 112. The Morgan fingerprint density at radius 2 is 1.12 bits per heavy atom. The molecule has 0 aromatic carbocycles. The van der Waals surface area contributed by atoms with Gasteiger partial charge in [0.25, 0.3) is 0 Å². The molecule has 0 fully saturated rings. The number of carbonyl (C=O) groups is 9. The molecule has 21 heteroatoms. The van der Waals surface area contributed by atoms with Crippen LogP contribution in [-0.4, -0.2) is 135 Å². The minimum Gasteiger partial charge on any atom is -0.481 e. The highest BCUT2D eigenvalue weighted by Gasteiger charge is 2.34. The Morgan fingerprint density at radius 3 is 1.61 bits per heavy atom. The number of hydrogen-bond donors (Lipinski definition) is 11. The van der Waals surface area contributed by atoms with E-state index < -0.39 is 127 Å². The van der Waals surface area contributed by atoms with Crippen LogP contribution in [0.1, 0.15) is 66.2 Å². The number of amides is 6. The minimum atomic E-state index is -1.81. The predicted octanol–water partition coefficient (Wildman–Crippen LogP) is -3.13. The normalized spacial score (nSPS) is 15.1. The van der Waals surface area contributed by atoms with E-state index in [1.165, 1.54) is 32.5 Å². The number of thioether (sulfide) groups is 1. The second-order valence-electron chi connectivity index (χ2n) is 11.9. The van der Waals surface area contributed by atoms with Crippen LogP contribution in [0.3, 0.4) is 0 Å². The van der Waals surface area contributed by atoms with Crippen LogP contribution in [0, 0.1) is 5.92 Å². The van der Waals surface area contributed by atoms with Crippen LogP contribution in [0.4, 0.5) is 0 Å². The number of nitrogens with one attached hydrogen (secondary N) is 6. The van der Waals surface area contributed by atoms with Crippen LogP contribution in [-0.2, 0) is 43.2 Å². The average molecular weight is 750 g/mol. The fourth-order valence-electron chi connectivity index (χ4n) is 4.33. The number of hydrogen-bond acceptors (Lipinski definition) is 12. The number of carboxylic acid groups (broad SMARTS) is 3. The van der Waals surface area contributed by atoms with Crippen molar-refractivity contribution in [2.75, 3.05) is 18.6 Å². The molecule has 0 saturated carbocycles. The van der Waals surface area contributed by atoms with Crippen LogP contribution in [0.15, 0.2) is 0 Å². The molecule has 51 heavy (non-hydrogen) atoms. The van der Waals surface area contributed by atoms with E-state index in [0.29, 0.717) is 12.2 Å². The molecule has 20 nitrogen and oxygen atoms in total. The number of aliphatic hydroxyl groups excluding tert-OH is 1. The van der Waals surface area contributed by atoms with Gasteiger partial charge in [0.1, 0.15) is 42.3 Å². The van der Waals surface area contributed by atoms with E-state index in [-0.39, 0.29) is 12.8 Å². The zero-order chi connectivity index (χ0) is 39.4. The Morgan fingerprint density at radius 1 is 0.627 bits per heavy atom. The summed E-state index contributed by atoms with van der Waals surface area (Å²) in [7, 11) is 0. The first-order valence-corrected chi connectivity index (χ1v) is 17.5. The predicted molar refractivity (Wildman–Crippen MR) is 182 cm³/mol. The Balaban J connectivity index is 5.90. The summed E-state index contributed by atoms with van der Waals surface area (Å²) >= 11 is 1.37. The van der Waals surface area contributed by atoms with Crippen LogP contribution >= 0.6 is 11.8 Å². The lowest BCUT2D eigenvalue weighted by Crippen LogP contribution is -2.60. The molecule has 0 bridgehead atoms. The number of rotatable bonds is 25. The lowest BCUT2D eigenvalue weighted by molar-refractivity contribution is -0.147. The van der Waals surface area contributed by atoms with Crippen molar-refractivity contribution in [3.63, 3.8) is 0 Å². The third-order valence-corrected chi connectivity index (χ3v) is 7.90. The lowest BCUT2D eigenvalue weighted by Gasteiger charge is -2.27. The number of aliphatic carboxylic acids is 3. The van der Waals surface area contributed by atoms with E-state index >= 15 is 0 Å². The van der Waals surface area contributed by atoms with Gasteiger partial charge in [-0.2, -0.15) is 11.8 Å². The van der Waals surface area contributed by atoms with Gasteiger partial charge >= 0.3 is 17.9 Å². The van der Waals surface area contributed by atoms with Gasteiger partial charge < -0.3 is 58.1 Å². The van der Waals surface area contributed by atoms with E-state index in [1.807, 2.05) is 5.32 Å². The van der Waals surface area contributed by atoms with Crippen molar-refractivity contribution in [1.29, 1.82) is 0 Å². The first-order valence-electron chi connectivity index (χ1n) is 16.1. The van der Waals surface area contributed by atoms with E-state index in [4.69, 9.17) is 15.9 Å². The van der Waals surface area contributed by atoms with Crippen molar-refractivity contribution in [3.05, 3.63) is 0 Å². The van der Waals surface area contributed by atoms with Gasteiger partial charge in [0.15, 0.2) is 0 Å². The van der Waals surface area contributed by atoms with Gasteiger partial charge in [-0.15, -0.1) is 0 Å². The second-order valence-corrected chi connectivity index (χ2v) is 12.9. The summed E-state index contributed by atoms with van der Waals surface area (Å²) in [6.45, 7) is 5.36. The van der Waals surface area contributed by atoms with Gasteiger partial charge in [-0.05, 0) is 44.1 Å². The van der Waals surface area contributed by atoms with Gasteiger partial charge in [-0.1, -0.05) is 27.2 Å². The van der Waals surface area contributed by atoms with Gasteiger partial charge in [0.05, 0.1) is 13.0 Å². The van der Waals surface area contributed by atoms with Crippen LogP contribution in [0.5, 0.6) is 0 Å². The van der Waals surface area contributed by atoms with Gasteiger partial charge in [-0.3, -0.25) is 38.4 Å². The smallest absolute Gasteiger partial charge is 0.326 e. The maximum Gasteiger partial charge on any atom is 0.326 e. The highest BCUT2D eigenvalue weighted by atomic mass is 32.2. The molecule has 0 aliphatic rings. The Labute approximate surface area is 299 Å². The van der Waals surface area contributed by atoms with Crippen molar-refractivity contribution < 1.29 is 63.6 Å². The zero-order valence-electron chi connectivity index (χ0n) is 29.2. The maximum atomic E-state index is 13.3. The highest BCUT2D eigenvalue weighted by molar-refractivity contribution is 7.98. The molecule has 0 saturated heterocycles. The van der Waals surface area contributed by atoms with Crippen molar-refractivity contribution >= 4 is 65.1 Å². The summed E-state index contributed by atoms with van der Waals surface area (Å²) in [5.74, 6) is -9.97. The highest BCUT2D eigenvalue weighted by Crippen LogP contribution is 2.08. The Kier molecular flexibility index (Phi) is 21.7. The molecule has 0 aromatic rings. The van der Waals surface area contributed by atoms with Gasteiger partial charge in [-0.25, -0.2) is 4.79 Å². The Hall–Kier alpha value is -4.50. The molecule has 7 atom stereocenters. The van der Waals surface area contributed by atoms with Gasteiger partial charge in [0, 0.05) is 6.42 Å². The summed E-state index contributed by atoms with van der Waals surface area (Å²) in [5.41, 5.74) is 5.53. The molecule has 290 valence electrons. The number of carbonyl (C=O) groups excluding carboxylic acids is 6.